The molecule has 2 aromatic carbocycles. The Balaban J connectivity index is 1.23. The summed E-state index contributed by atoms with van der Waals surface area (Å²) in [6.45, 7) is 1.51. The maximum atomic E-state index is 13.4. The molecule has 3 aliphatic rings. The summed E-state index contributed by atoms with van der Waals surface area (Å²) in [6, 6.07) is 11.4. The van der Waals surface area contributed by atoms with Crippen molar-refractivity contribution in [2.75, 3.05) is 25.0 Å². The molecule has 0 radical (unpaired) electrons. The van der Waals surface area contributed by atoms with Crippen molar-refractivity contribution in [3.8, 4) is 0 Å². The molecule has 6 nitrogen and oxygen atoms in total. The van der Waals surface area contributed by atoms with Gasteiger partial charge in [0, 0.05) is 30.2 Å². The molecule has 0 saturated carbocycles. The van der Waals surface area contributed by atoms with E-state index in [1.54, 1.807) is 24.3 Å². The summed E-state index contributed by atoms with van der Waals surface area (Å²) in [4.78, 5) is 27.1. The average molecular weight is 444 g/mol. The van der Waals surface area contributed by atoms with Gasteiger partial charge in [0.15, 0.2) is 0 Å². The van der Waals surface area contributed by atoms with Crippen LogP contribution in [0.5, 0.6) is 0 Å². The highest BCUT2D eigenvalue weighted by molar-refractivity contribution is 6.31. The van der Waals surface area contributed by atoms with Crippen LogP contribution in [-0.4, -0.2) is 47.7 Å². The molecule has 5 rings (SSSR count). The number of amides is 2. The Kier molecular flexibility index (Phi) is 4.90. The van der Waals surface area contributed by atoms with E-state index < -0.39 is 5.66 Å². The number of benzene rings is 2. The van der Waals surface area contributed by atoms with Gasteiger partial charge >= 0.3 is 0 Å². The van der Waals surface area contributed by atoms with Crippen LogP contribution in [0.4, 0.5) is 10.1 Å². The number of halogens is 2. The Labute approximate surface area is 184 Å². The second kappa shape index (κ2) is 7.50. The lowest BCUT2D eigenvalue weighted by atomic mass is 9.84. The van der Waals surface area contributed by atoms with Crippen molar-refractivity contribution in [3.63, 3.8) is 0 Å². The fourth-order valence-corrected chi connectivity index (χ4v) is 5.07. The summed E-state index contributed by atoms with van der Waals surface area (Å²) in [5, 5.41) is 7.03. The first-order chi connectivity index (χ1) is 14.9. The third kappa shape index (κ3) is 3.88. The van der Waals surface area contributed by atoms with E-state index in [9.17, 15) is 14.0 Å². The van der Waals surface area contributed by atoms with E-state index in [-0.39, 0.29) is 29.7 Å². The van der Waals surface area contributed by atoms with Crippen molar-refractivity contribution < 1.29 is 18.7 Å². The number of likely N-dealkylation sites (tertiary alicyclic amines) is 1. The number of nitrogens with one attached hydrogen (secondary N) is 2. The van der Waals surface area contributed by atoms with E-state index in [1.165, 1.54) is 12.1 Å². The first-order valence-electron chi connectivity index (χ1n) is 10.4. The lowest BCUT2D eigenvalue weighted by Gasteiger charge is -2.41. The van der Waals surface area contributed by atoms with Gasteiger partial charge in [0.1, 0.15) is 11.5 Å². The highest BCUT2D eigenvalue weighted by atomic mass is 35.5. The number of hydrogen-bond donors (Lipinski definition) is 2. The van der Waals surface area contributed by atoms with Crippen LogP contribution in [0.25, 0.3) is 0 Å². The van der Waals surface area contributed by atoms with Gasteiger partial charge < -0.3 is 20.3 Å². The summed E-state index contributed by atoms with van der Waals surface area (Å²) >= 11 is 6.02. The molecular formula is C23H23ClFN3O3. The molecule has 31 heavy (non-hydrogen) atoms. The number of fused-ring (bicyclic) bond motifs is 1. The molecule has 3 aliphatic heterocycles. The predicted octanol–water partition coefficient (Wildman–Crippen LogP) is 3.35. The minimum Gasteiger partial charge on any atom is -0.370 e. The molecule has 162 valence electrons. The standard InChI is InChI=1S/C23H23ClFN3O3/c24-16-4-5-19-18(12-16)21(30)27-23(26-19)13-22(31-14-23)6-8-28(9-7-22)20(29)11-15-2-1-3-17(25)10-15/h1-5,10,12,26H,6-9,11,13-14H2,(H,27,30). The predicted molar refractivity (Wildman–Crippen MR) is 114 cm³/mol. The van der Waals surface area contributed by atoms with Crippen LogP contribution in [0.3, 0.4) is 0 Å². The Morgan fingerprint density at radius 1 is 1.16 bits per heavy atom. The van der Waals surface area contributed by atoms with E-state index in [0.717, 1.165) is 5.69 Å². The van der Waals surface area contributed by atoms with Gasteiger partial charge in [-0.1, -0.05) is 23.7 Å². The van der Waals surface area contributed by atoms with Gasteiger partial charge in [-0.15, -0.1) is 0 Å². The zero-order valence-electron chi connectivity index (χ0n) is 16.9. The van der Waals surface area contributed by atoms with E-state index in [4.69, 9.17) is 16.3 Å². The molecule has 3 heterocycles. The number of nitrogens with zero attached hydrogens (tertiary/aromatic N) is 1. The SMILES string of the molecule is O=C1NC2(COC3(CCN(C(=O)Cc4cccc(F)c4)CC3)C2)Nc2ccc(Cl)cc21. The summed E-state index contributed by atoms with van der Waals surface area (Å²) < 4.78 is 19.6. The van der Waals surface area contributed by atoms with Gasteiger partial charge in [-0.3, -0.25) is 9.59 Å². The average Bonchev–Trinajstić information content (AvgIpc) is 3.06. The number of rotatable bonds is 2. The molecule has 0 bridgehead atoms. The van der Waals surface area contributed by atoms with E-state index in [2.05, 4.69) is 10.6 Å². The van der Waals surface area contributed by atoms with Crippen molar-refractivity contribution in [3.05, 3.63) is 64.4 Å². The second-order valence-corrected chi connectivity index (χ2v) is 9.12. The number of carbonyl (C=O) groups excluding carboxylic acids is 2. The fourth-order valence-electron chi connectivity index (χ4n) is 4.89. The molecule has 8 heteroatoms. The van der Waals surface area contributed by atoms with Crippen molar-refractivity contribution in [1.82, 2.24) is 10.2 Å². The highest BCUT2D eigenvalue weighted by Gasteiger charge is 2.53. The molecule has 2 saturated heterocycles. The van der Waals surface area contributed by atoms with Crippen molar-refractivity contribution in [2.24, 2.45) is 0 Å². The first kappa shape index (κ1) is 20.3. The Hall–Kier alpha value is -2.64. The Morgan fingerprint density at radius 3 is 2.74 bits per heavy atom. The maximum Gasteiger partial charge on any atom is 0.255 e. The minimum absolute atomic E-state index is 0.0111. The van der Waals surface area contributed by atoms with Crippen LogP contribution in [0.1, 0.15) is 35.2 Å². The lowest BCUT2D eigenvalue weighted by Crippen LogP contribution is -2.59. The fraction of sp³-hybridized carbons (Fsp3) is 0.391. The van der Waals surface area contributed by atoms with E-state index >= 15 is 0 Å². The normalized spacial score (nSPS) is 24.1. The minimum atomic E-state index is -0.661. The maximum absolute atomic E-state index is 13.4. The quantitative estimate of drug-likeness (QED) is 0.746. The molecule has 2 N–H and O–H groups in total. The summed E-state index contributed by atoms with van der Waals surface area (Å²) in [6.07, 6.45) is 2.19. The van der Waals surface area contributed by atoms with Crippen LogP contribution in [0.15, 0.2) is 42.5 Å². The van der Waals surface area contributed by atoms with Crippen LogP contribution in [0, 0.1) is 5.82 Å². The van der Waals surface area contributed by atoms with Gasteiger partial charge in [-0.05, 0) is 48.7 Å². The van der Waals surface area contributed by atoms with Gasteiger partial charge in [0.05, 0.1) is 24.2 Å². The molecule has 2 amide bonds. The lowest BCUT2D eigenvalue weighted by molar-refractivity contribution is -0.135. The molecule has 2 spiro atoms. The Bertz CT molecular complexity index is 1050. The topological polar surface area (TPSA) is 70.7 Å². The number of piperidine rings is 1. The molecule has 0 aromatic heterocycles. The number of ether oxygens (including phenoxy) is 1. The third-order valence-electron chi connectivity index (χ3n) is 6.47. The van der Waals surface area contributed by atoms with Crippen molar-refractivity contribution in [1.29, 1.82) is 0 Å². The molecular weight excluding hydrogens is 421 g/mol. The molecule has 2 aromatic rings. The zero-order chi connectivity index (χ0) is 21.6. The second-order valence-electron chi connectivity index (χ2n) is 8.69. The highest BCUT2D eigenvalue weighted by Crippen LogP contribution is 2.43. The summed E-state index contributed by atoms with van der Waals surface area (Å²) in [5.74, 6) is -0.513. The van der Waals surface area contributed by atoms with Crippen molar-refractivity contribution >= 4 is 29.1 Å². The first-order valence-corrected chi connectivity index (χ1v) is 10.8. The smallest absolute Gasteiger partial charge is 0.255 e. The van der Waals surface area contributed by atoms with Crippen molar-refractivity contribution in [2.45, 2.75) is 36.9 Å². The molecule has 0 aliphatic carbocycles. The van der Waals surface area contributed by atoms with Gasteiger partial charge in [0.25, 0.3) is 5.91 Å². The van der Waals surface area contributed by atoms with Gasteiger partial charge in [0.2, 0.25) is 5.91 Å². The summed E-state index contributed by atoms with van der Waals surface area (Å²) in [5.41, 5.74) is 0.897. The number of anilines is 1. The Morgan fingerprint density at radius 2 is 1.97 bits per heavy atom. The molecule has 1 unspecified atom stereocenters. The van der Waals surface area contributed by atoms with Gasteiger partial charge in [-0.25, -0.2) is 4.39 Å². The van der Waals surface area contributed by atoms with Gasteiger partial charge in [-0.2, -0.15) is 0 Å². The van der Waals surface area contributed by atoms with E-state index in [0.29, 0.717) is 55.1 Å². The third-order valence-corrected chi connectivity index (χ3v) is 6.71. The van der Waals surface area contributed by atoms with Crippen LogP contribution in [0.2, 0.25) is 5.02 Å². The molecule has 2 fully saturated rings. The summed E-state index contributed by atoms with van der Waals surface area (Å²) in [7, 11) is 0. The number of carbonyl (C=O) groups is 2. The van der Waals surface area contributed by atoms with Crippen LogP contribution >= 0.6 is 11.6 Å². The zero-order valence-corrected chi connectivity index (χ0v) is 17.7. The van der Waals surface area contributed by atoms with Crippen LogP contribution in [-0.2, 0) is 16.0 Å². The number of hydrogen-bond acceptors (Lipinski definition) is 4. The monoisotopic (exact) mass is 443 g/mol. The molecule has 1 atom stereocenters. The van der Waals surface area contributed by atoms with E-state index in [1.807, 2.05) is 11.0 Å². The van der Waals surface area contributed by atoms with Crippen LogP contribution < -0.4 is 10.6 Å². The largest absolute Gasteiger partial charge is 0.370 e.